The molecule has 0 saturated carbocycles. The lowest BCUT2D eigenvalue weighted by atomic mass is 9.80. The quantitative estimate of drug-likeness (QED) is 0.710. The van der Waals surface area contributed by atoms with E-state index in [0.29, 0.717) is 0 Å². The van der Waals surface area contributed by atoms with Crippen LogP contribution in [0.15, 0.2) is 30.5 Å². The van der Waals surface area contributed by atoms with Crippen molar-refractivity contribution in [3.63, 3.8) is 0 Å². The van der Waals surface area contributed by atoms with Crippen LogP contribution in [0.3, 0.4) is 0 Å². The smallest absolute Gasteiger partial charge is 0.0541 e. The topological polar surface area (TPSA) is 48.0 Å². The van der Waals surface area contributed by atoms with Gasteiger partial charge in [0.1, 0.15) is 0 Å². The number of fused-ring (bicyclic) bond motifs is 1. The first-order valence-corrected chi connectivity index (χ1v) is 5.74. The van der Waals surface area contributed by atoms with E-state index >= 15 is 0 Å². The van der Waals surface area contributed by atoms with Crippen molar-refractivity contribution in [2.75, 3.05) is 19.7 Å². The molecule has 1 atom stereocenters. The van der Waals surface area contributed by atoms with Crippen LogP contribution in [0.25, 0.3) is 10.9 Å². The maximum Gasteiger partial charge on any atom is 0.0541 e. The monoisotopic (exact) mass is 216 g/mol. The Balaban J connectivity index is 2.17. The third-order valence-electron chi connectivity index (χ3n) is 3.71. The zero-order valence-corrected chi connectivity index (χ0v) is 9.16. The highest BCUT2D eigenvalue weighted by molar-refractivity contribution is 5.84. The molecule has 0 spiro atoms. The number of hydrogen-bond donors (Lipinski definition) is 3. The summed E-state index contributed by atoms with van der Waals surface area (Å²) in [4.78, 5) is 3.29. The Labute approximate surface area is 94.5 Å². The van der Waals surface area contributed by atoms with Gasteiger partial charge in [-0.1, -0.05) is 18.2 Å². The van der Waals surface area contributed by atoms with Crippen molar-refractivity contribution in [1.29, 1.82) is 0 Å². The minimum Gasteiger partial charge on any atom is -0.395 e. The Kier molecular flexibility index (Phi) is 2.23. The molecule has 1 aromatic heterocycles. The van der Waals surface area contributed by atoms with E-state index in [9.17, 15) is 5.11 Å². The van der Waals surface area contributed by atoms with Crippen molar-refractivity contribution in [2.24, 2.45) is 0 Å². The molecule has 1 aliphatic rings. The molecule has 84 valence electrons. The normalized spacial score (nSPS) is 25.3. The molecule has 1 unspecified atom stereocenters. The van der Waals surface area contributed by atoms with Crippen LogP contribution < -0.4 is 5.32 Å². The summed E-state index contributed by atoms with van der Waals surface area (Å²) >= 11 is 0. The van der Waals surface area contributed by atoms with E-state index in [1.54, 1.807) is 0 Å². The van der Waals surface area contributed by atoms with E-state index in [-0.39, 0.29) is 12.0 Å². The Morgan fingerprint density at radius 1 is 1.31 bits per heavy atom. The molecule has 0 radical (unpaired) electrons. The standard InChI is InChI=1S/C13H16N2O/c16-9-13(5-6-14-8-13)11-7-15-12-4-2-1-3-10(11)12/h1-4,7,14-16H,5-6,8-9H2. The zero-order chi connectivity index (χ0) is 11.0. The second kappa shape index (κ2) is 3.61. The molecule has 1 fully saturated rings. The first-order valence-electron chi connectivity index (χ1n) is 5.74. The van der Waals surface area contributed by atoms with E-state index in [4.69, 9.17) is 0 Å². The number of aliphatic hydroxyl groups excluding tert-OH is 1. The predicted molar refractivity (Wildman–Crippen MR) is 64.5 cm³/mol. The number of aromatic nitrogens is 1. The summed E-state index contributed by atoms with van der Waals surface area (Å²) in [6, 6.07) is 8.28. The summed E-state index contributed by atoms with van der Waals surface area (Å²) < 4.78 is 0. The Morgan fingerprint density at radius 2 is 2.19 bits per heavy atom. The lowest BCUT2D eigenvalue weighted by Crippen LogP contribution is -2.32. The van der Waals surface area contributed by atoms with E-state index in [2.05, 4.69) is 22.4 Å². The average molecular weight is 216 g/mol. The minimum absolute atomic E-state index is 0.0976. The molecular formula is C13H16N2O. The number of H-pyrrole nitrogens is 1. The summed E-state index contributed by atoms with van der Waals surface area (Å²) in [6.07, 6.45) is 3.05. The Hall–Kier alpha value is -1.32. The van der Waals surface area contributed by atoms with Gasteiger partial charge in [-0.3, -0.25) is 0 Å². The van der Waals surface area contributed by atoms with Crippen LogP contribution in [0.2, 0.25) is 0 Å². The molecule has 1 aromatic carbocycles. The summed E-state index contributed by atoms with van der Waals surface area (Å²) in [5.74, 6) is 0. The second-order valence-corrected chi connectivity index (χ2v) is 4.61. The minimum atomic E-state index is -0.0976. The van der Waals surface area contributed by atoms with Crippen molar-refractivity contribution in [2.45, 2.75) is 11.8 Å². The van der Waals surface area contributed by atoms with Crippen molar-refractivity contribution in [3.8, 4) is 0 Å². The molecule has 16 heavy (non-hydrogen) atoms. The third-order valence-corrected chi connectivity index (χ3v) is 3.71. The molecular weight excluding hydrogens is 200 g/mol. The molecule has 0 aliphatic carbocycles. The average Bonchev–Trinajstić information content (AvgIpc) is 2.96. The third kappa shape index (κ3) is 1.29. The van der Waals surface area contributed by atoms with Crippen LogP contribution in [0, 0.1) is 0 Å². The van der Waals surface area contributed by atoms with E-state index in [0.717, 1.165) is 25.0 Å². The number of rotatable bonds is 2. The molecule has 3 heteroatoms. The van der Waals surface area contributed by atoms with E-state index in [1.807, 2.05) is 18.3 Å². The number of para-hydroxylation sites is 1. The number of hydrogen-bond acceptors (Lipinski definition) is 2. The highest BCUT2D eigenvalue weighted by Crippen LogP contribution is 2.35. The summed E-state index contributed by atoms with van der Waals surface area (Å²) in [7, 11) is 0. The van der Waals surface area contributed by atoms with Crippen molar-refractivity contribution in [1.82, 2.24) is 10.3 Å². The van der Waals surface area contributed by atoms with E-state index < -0.39 is 0 Å². The van der Waals surface area contributed by atoms with Crippen LogP contribution in [-0.4, -0.2) is 29.8 Å². The molecule has 1 saturated heterocycles. The van der Waals surface area contributed by atoms with Crippen LogP contribution in [0.5, 0.6) is 0 Å². The molecule has 0 bridgehead atoms. The van der Waals surface area contributed by atoms with Crippen LogP contribution in [-0.2, 0) is 5.41 Å². The van der Waals surface area contributed by atoms with Gasteiger partial charge < -0.3 is 15.4 Å². The van der Waals surface area contributed by atoms with Gasteiger partial charge in [-0.2, -0.15) is 0 Å². The Bertz CT molecular complexity index is 497. The predicted octanol–water partition coefficient (Wildman–Crippen LogP) is 1.39. The van der Waals surface area contributed by atoms with Gasteiger partial charge in [0, 0.05) is 29.1 Å². The number of nitrogens with one attached hydrogen (secondary N) is 2. The van der Waals surface area contributed by atoms with Crippen molar-refractivity contribution in [3.05, 3.63) is 36.0 Å². The molecule has 2 aromatic rings. The van der Waals surface area contributed by atoms with Gasteiger partial charge in [0.15, 0.2) is 0 Å². The van der Waals surface area contributed by atoms with Crippen LogP contribution in [0.1, 0.15) is 12.0 Å². The largest absolute Gasteiger partial charge is 0.395 e. The summed E-state index contributed by atoms with van der Waals surface area (Å²) in [6.45, 7) is 2.06. The molecule has 3 N–H and O–H groups in total. The number of benzene rings is 1. The van der Waals surface area contributed by atoms with E-state index in [1.165, 1.54) is 10.9 Å². The van der Waals surface area contributed by atoms with Crippen LogP contribution >= 0.6 is 0 Å². The maximum absolute atomic E-state index is 9.69. The Morgan fingerprint density at radius 3 is 2.94 bits per heavy atom. The number of aliphatic hydroxyl groups is 1. The molecule has 2 heterocycles. The summed E-state index contributed by atoms with van der Waals surface area (Å²) in [5, 5.41) is 14.3. The van der Waals surface area contributed by atoms with Gasteiger partial charge in [0.05, 0.1) is 6.61 Å². The zero-order valence-electron chi connectivity index (χ0n) is 9.16. The van der Waals surface area contributed by atoms with Gasteiger partial charge in [0.25, 0.3) is 0 Å². The van der Waals surface area contributed by atoms with Gasteiger partial charge in [-0.25, -0.2) is 0 Å². The highest BCUT2D eigenvalue weighted by Gasteiger charge is 2.36. The molecule has 3 nitrogen and oxygen atoms in total. The first kappa shape index (κ1) is 9.87. The first-order chi connectivity index (χ1) is 7.86. The van der Waals surface area contributed by atoms with Crippen LogP contribution in [0.4, 0.5) is 0 Å². The fraction of sp³-hybridized carbons (Fsp3) is 0.385. The fourth-order valence-corrected chi connectivity index (χ4v) is 2.70. The van der Waals surface area contributed by atoms with Gasteiger partial charge >= 0.3 is 0 Å². The van der Waals surface area contributed by atoms with Gasteiger partial charge in [0.2, 0.25) is 0 Å². The molecule has 3 rings (SSSR count). The van der Waals surface area contributed by atoms with Gasteiger partial charge in [-0.15, -0.1) is 0 Å². The van der Waals surface area contributed by atoms with Crippen molar-refractivity contribution < 1.29 is 5.11 Å². The summed E-state index contributed by atoms with van der Waals surface area (Å²) in [5.41, 5.74) is 2.30. The molecule has 1 aliphatic heterocycles. The lowest BCUT2D eigenvalue weighted by molar-refractivity contribution is 0.206. The maximum atomic E-state index is 9.69. The molecule has 0 amide bonds. The number of aromatic amines is 1. The lowest BCUT2D eigenvalue weighted by Gasteiger charge is -2.25. The SMILES string of the molecule is OCC1(c2c[nH]c3ccccc23)CCNC1. The second-order valence-electron chi connectivity index (χ2n) is 4.61. The fourth-order valence-electron chi connectivity index (χ4n) is 2.70. The van der Waals surface area contributed by atoms with Crippen molar-refractivity contribution >= 4 is 10.9 Å². The highest BCUT2D eigenvalue weighted by atomic mass is 16.3. The van der Waals surface area contributed by atoms with Gasteiger partial charge in [-0.05, 0) is 24.6 Å².